The molecule has 6 heteroatoms. The Morgan fingerprint density at radius 2 is 1.04 bits per heavy atom. The minimum Gasteiger partial charge on any atom is -0.362 e. The van der Waals surface area contributed by atoms with Gasteiger partial charge in [-0.3, -0.25) is 0 Å². The lowest BCUT2D eigenvalue weighted by atomic mass is 9.93. The fourth-order valence-corrected chi connectivity index (χ4v) is 2.71. The highest BCUT2D eigenvalue weighted by Gasteiger charge is 2.18. The first kappa shape index (κ1) is 21.1. The van der Waals surface area contributed by atoms with Crippen LogP contribution < -0.4 is 21.3 Å². The van der Waals surface area contributed by atoms with Crippen molar-refractivity contribution in [1.82, 2.24) is 10.6 Å². The maximum atomic E-state index is 5.39. The molecule has 27 heavy (non-hydrogen) atoms. The van der Waals surface area contributed by atoms with Crippen LogP contribution in [0.3, 0.4) is 0 Å². The SMILES string of the molecule is Cc1ccc(NC(=S)NCC(C)(C)CNC(=S)Nc2ccc(C)cc2)cc1. The summed E-state index contributed by atoms with van der Waals surface area (Å²) in [5.74, 6) is 0. The summed E-state index contributed by atoms with van der Waals surface area (Å²) in [7, 11) is 0. The van der Waals surface area contributed by atoms with E-state index >= 15 is 0 Å². The van der Waals surface area contributed by atoms with Gasteiger partial charge in [-0.2, -0.15) is 0 Å². The van der Waals surface area contributed by atoms with E-state index < -0.39 is 0 Å². The lowest BCUT2D eigenvalue weighted by Crippen LogP contribution is -2.44. The van der Waals surface area contributed by atoms with Gasteiger partial charge in [0.05, 0.1) is 0 Å². The van der Waals surface area contributed by atoms with Crippen LogP contribution in [-0.4, -0.2) is 23.3 Å². The monoisotopic (exact) mass is 400 g/mol. The maximum absolute atomic E-state index is 5.39. The fraction of sp³-hybridized carbons (Fsp3) is 0.333. The molecule has 0 aromatic heterocycles. The summed E-state index contributed by atoms with van der Waals surface area (Å²) in [4.78, 5) is 0. The average molecular weight is 401 g/mol. The molecule has 0 aliphatic carbocycles. The van der Waals surface area contributed by atoms with Crippen LogP contribution in [0, 0.1) is 19.3 Å². The highest BCUT2D eigenvalue weighted by atomic mass is 32.1. The minimum atomic E-state index is -0.0297. The molecule has 0 fully saturated rings. The maximum Gasteiger partial charge on any atom is 0.170 e. The Kier molecular flexibility index (Phi) is 7.56. The van der Waals surface area contributed by atoms with E-state index in [4.69, 9.17) is 24.4 Å². The van der Waals surface area contributed by atoms with E-state index in [1.165, 1.54) is 11.1 Å². The topological polar surface area (TPSA) is 48.1 Å². The molecule has 4 nitrogen and oxygen atoms in total. The summed E-state index contributed by atoms with van der Waals surface area (Å²) in [5.41, 5.74) is 4.39. The molecule has 0 radical (unpaired) electrons. The number of benzene rings is 2. The third kappa shape index (κ3) is 7.93. The molecule has 0 bridgehead atoms. The number of hydrogen-bond acceptors (Lipinski definition) is 2. The van der Waals surface area contributed by atoms with Gasteiger partial charge in [-0.15, -0.1) is 0 Å². The van der Waals surface area contributed by atoms with Crippen molar-refractivity contribution in [3.63, 3.8) is 0 Å². The molecule has 2 aromatic rings. The van der Waals surface area contributed by atoms with Crippen molar-refractivity contribution in [2.75, 3.05) is 23.7 Å². The second-order valence-electron chi connectivity index (χ2n) is 7.51. The Labute approximate surface area is 173 Å². The largest absolute Gasteiger partial charge is 0.362 e. The van der Waals surface area contributed by atoms with Crippen molar-refractivity contribution in [3.05, 3.63) is 59.7 Å². The summed E-state index contributed by atoms with van der Waals surface area (Å²) in [6, 6.07) is 16.3. The normalized spacial score (nSPS) is 10.8. The quantitative estimate of drug-likeness (QED) is 0.532. The molecule has 0 amide bonds. The molecular formula is C21H28N4S2. The summed E-state index contributed by atoms with van der Waals surface area (Å²) in [5, 5.41) is 14.2. The number of hydrogen-bond donors (Lipinski definition) is 4. The first-order valence-corrected chi connectivity index (χ1v) is 9.78. The predicted octanol–water partition coefficient (Wildman–Crippen LogP) is 4.60. The van der Waals surface area contributed by atoms with Gasteiger partial charge in [-0.25, -0.2) is 0 Å². The van der Waals surface area contributed by atoms with Gasteiger partial charge in [0.1, 0.15) is 0 Å². The minimum absolute atomic E-state index is 0.0297. The van der Waals surface area contributed by atoms with E-state index in [0.717, 1.165) is 24.5 Å². The van der Waals surface area contributed by atoms with E-state index in [2.05, 4.69) is 73.2 Å². The molecule has 2 aromatic carbocycles. The highest BCUT2D eigenvalue weighted by Crippen LogP contribution is 2.13. The molecule has 144 valence electrons. The van der Waals surface area contributed by atoms with Crippen LogP contribution in [0.25, 0.3) is 0 Å². The number of thiocarbonyl (C=S) groups is 2. The molecule has 4 N–H and O–H groups in total. The Morgan fingerprint density at radius 1 is 0.704 bits per heavy atom. The first-order valence-electron chi connectivity index (χ1n) is 8.97. The van der Waals surface area contributed by atoms with Crippen LogP contribution >= 0.6 is 24.4 Å². The van der Waals surface area contributed by atoms with Gasteiger partial charge >= 0.3 is 0 Å². The zero-order valence-corrected chi connectivity index (χ0v) is 18.0. The van der Waals surface area contributed by atoms with E-state index in [-0.39, 0.29) is 5.41 Å². The van der Waals surface area contributed by atoms with Crippen molar-refractivity contribution in [3.8, 4) is 0 Å². The smallest absolute Gasteiger partial charge is 0.170 e. The molecular weight excluding hydrogens is 372 g/mol. The van der Waals surface area contributed by atoms with Gasteiger partial charge in [-0.1, -0.05) is 49.2 Å². The van der Waals surface area contributed by atoms with Crippen molar-refractivity contribution in [2.45, 2.75) is 27.7 Å². The predicted molar refractivity (Wildman–Crippen MR) is 125 cm³/mol. The molecule has 0 atom stereocenters. The fourth-order valence-electron chi connectivity index (χ4n) is 2.33. The van der Waals surface area contributed by atoms with E-state index in [1.807, 2.05) is 24.3 Å². The average Bonchev–Trinajstić information content (AvgIpc) is 2.63. The Hall–Kier alpha value is -2.18. The van der Waals surface area contributed by atoms with E-state index in [0.29, 0.717) is 10.2 Å². The van der Waals surface area contributed by atoms with Crippen LogP contribution in [-0.2, 0) is 0 Å². The summed E-state index contributed by atoms with van der Waals surface area (Å²) in [6.07, 6.45) is 0. The van der Waals surface area contributed by atoms with Crippen molar-refractivity contribution in [1.29, 1.82) is 0 Å². The van der Waals surface area contributed by atoms with Crippen molar-refractivity contribution in [2.24, 2.45) is 5.41 Å². The Morgan fingerprint density at radius 3 is 1.37 bits per heavy atom. The first-order chi connectivity index (χ1) is 12.7. The molecule has 0 aliphatic rings. The second kappa shape index (κ2) is 9.67. The van der Waals surface area contributed by atoms with Gasteiger partial charge in [-0.05, 0) is 68.0 Å². The number of anilines is 2. The summed E-state index contributed by atoms with van der Waals surface area (Å²) >= 11 is 10.8. The van der Waals surface area contributed by atoms with E-state index in [9.17, 15) is 0 Å². The molecule has 2 rings (SSSR count). The van der Waals surface area contributed by atoms with Gasteiger partial charge in [0.25, 0.3) is 0 Å². The van der Waals surface area contributed by atoms with Crippen molar-refractivity contribution < 1.29 is 0 Å². The number of aryl methyl sites for hydroxylation is 2. The summed E-state index contributed by atoms with van der Waals surface area (Å²) in [6.45, 7) is 9.91. The lowest BCUT2D eigenvalue weighted by molar-refractivity contribution is 0.362. The lowest BCUT2D eigenvalue weighted by Gasteiger charge is -2.27. The van der Waals surface area contributed by atoms with Gasteiger partial charge < -0.3 is 21.3 Å². The van der Waals surface area contributed by atoms with Crippen molar-refractivity contribution >= 4 is 46.0 Å². The van der Waals surface area contributed by atoms with Gasteiger partial charge in [0.15, 0.2) is 10.2 Å². The molecule has 0 spiro atoms. The number of nitrogens with one attached hydrogen (secondary N) is 4. The molecule has 0 aliphatic heterocycles. The third-order valence-corrected chi connectivity index (χ3v) is 4.57. The third-order valence-electron chi connectivity index (χ3n) is 4.07. The van der Waals surface area contributed by atoms with Crippen LogP contribution in [0.15, 0.2) is 48.5 Å². The standard InChI is InChI=1S/C21H28N4S2/c1-15-5-9-17(10-6-15)24-19(26)22-13-21(3,4)14-23-20(27)25-18-11-7-16(2)8-12-18/h5-12H,13-14H2,1-4H3,(H2,22,24,26)(H2,23,25,27). The number of rotatable bonds is 6. The zero-order chi connectivity index (χ0) is 19.9. The van der Waals surface area contributed by atoms with Crippen LogP contribution in [0.5, 0.6) is 0 Å². The van der Waals surface area contributed by atoms with Crippen LogP contribution in [0.2, 0.25) is 0 Å². The van der Waals surface area contributed by atoms with E-state index in [1.54, 1.807) is 0 Å². The Balaban J connectivity index is 1.73. The summed E-state index contributed by atoms with van der Waals surface area (Å²) < 4.78 is 0. The molecule has 0 saturated carbocycles. The Bertz CT molecular complexity index is 702. The van der Waals surface area contributed by atoms with Gasteiger partial charge in [0, 0.05) is 24.5 Å². The van der Waals surface area contributed by atoms with Gasteiger partial charge in [0.2, 0.25) is 0 Å². The zero-order valence-electron chi connectivity index (χ0n) is 16.3. The molecule has 0 unspecified atom stereocenters. The molecule has 0 heterocycles. The van der Waals surface area contributed by atoms with Crippen LogP contribution in [0.1, 0.15) is 25.0 Å². The highest BCUT2D eigenvalue weighted by molar-refractivity contribution is 7.80. The molecule has 0 saturated heterocycles. The van der Waals surface area contributed by atoms with Crippen LogP contribution in [0.4, 0.5) is 11.4 Å². The second-order valence-corrected chi connectivity index (χ2v) is 8.33.